The van der Waals surface area contributed by atoms with Crippen LogP contribution in [-0.4, -0.2) is 39.0 Å². The number of pyridine rings is 1. The van der Waals surface area contributed by atoms with Crippen molar-refractivity contribution < 1.29 is 9.47 Å². The van der Waals surface area contributed by atoms with E-state index < -0.39 is 0 Å². The van der Waals surface area contributed by atoms with Gasteiger partial charge in [-0.1, -0.05) is 6.07 Å². The van der Waals surface area contributed by atoms with Crippen molar-refractivity contribution in [3.63, 3.8) is 0 Å². The molecule has 1 fully saturated rings. The zero-order valence-corrected chi connectivity index (χ0v) is 18.4. The van der Waals surface area contributed by atoms with E-state index in [-0.39, 0.29) is 24.6 Å². The summed E-state index contributed by atoms with van der Waals surface area (Å²) in [6.07, 6.45) is 7.51. The number of methoxy groups -OCH3 is 1. The van der Waals surface area contributed by atoms with E-state index in [0.717, 1.165) is 61.6 Å². The molecular formula is C23H28ClN5O2. The molecule has 3 heterocycles. The minimum atomic E-state index is 0. The van der Waals surface area contributed by atoms with Gasteiger partial charge in [0.15, 0.2) is 0 Å². The van der Waals surface area contributed by atoms with Gasteiger partial charge in [-0.05, 0) is 61.9 Å². The second-order valence-electron chi connectivity index (χ2n) is 8.23. The number of benzene rings is 1. The fourth-order valence-corrected chi connectivity index (χ4v) is 4.68. The van der Waals surface area contributed by atoms with E-state index in [2.05, 4.69) is 31.9 Å². The van der Waals surface area contributed by atoms with Crippen molar-refractivity contribution in [2.75, 3.05) is 7.11 Å². The molecule has 0 saturated heterocycles. The third kappa shape index (κ3) is 4.38. The number of ether oxygens (including phenoxy) is 2. The normalized spacial score (nSPS) is 22.5. The van der Waals surface area contributed by atoms with Crippen molar-refractivity contribution in [1.29, 1.82) is 0 Å². The first-order chi connectivity index (χ1) is 14.7. The molecule has 2 N–H and O–H groups in total. The molecule has 1 aliphatic heterocycles. The molecule has 0 spiro atoms. The second-order valence-corrected chi connectivity index (χ2v) is 8.23. The average molecular weight is 442 g/mol. The highest BCUT2D eigenvalue weighted by Gasteiger charge is 2.31. The van der Waals surface area contributed by atoms with E-state index in [4.69, 9.17) is 15.2 Å². The topological polar surface area (TPSA) is 88.1 Å². The lowest BCUT2D eigenvalue weighted by atomic mass is 9.86. The van der Waals surface area contributed by atoms with Crippen LogP contribution in [-0.2, 0) is 12.8 Å². The highest BCUT2D eigenvalue weighted by atomic mass is 35.5. The van der Waals surface area contributed by atoms with Crippen LogP contribution in [0.1, 0.15) is 48.8 Å². The Kier molecular flexibility index (Phi) is 6.43. The van der Waals surface area contributed by atoms with Gasteiger partial charge in [0.2, 0.25) is 5.88 Å². The van der Waals surface area contributed by atoms with E-state index in [1.807, 2.05) is 24.3 Å². The molecule has 3 aromatic rings. The van der Waals surface area contributed by atoms with E-state index in [1.165, 1.54) is 5.56 Å². The zero-order chi connectivity index (χ0) is 20.5. The number of nitrogens with zero attached hydrogens (tertiary/aromatic N) is 4. The molecule has 1 aromatic carbocycles. The Balaban J connectivity index is 0.00000231. The van der Waals surface area contributed by atoms with Gasteiger partial charge in [-0.2, -0.15) is 0 Å². The van der Waals surface area contributed by atoms with Crippen LogP contribution in [0.2, 0.25) is 0 Å². The highest BCUT2D eigenvalue weighted by molar-refractivity contribution is 5.85. The fourth-order valence-electron chi connectivity index (χ4n) is 4.68. The molecule has 0 bridgehead atoms. The Hall–Kier alpha value is -2.64. The van der Waals surface area contributed by atoms with Gasteiger partial charge in [-0.15, -0.1) is 22.6 Å². The number of hydrogen-bond acceptors (Lipinski definition) is 6. The zero-order valence-electron chi connectivity index (χ0n) is 17.6. The highest BCUT2D eigenvalue weighted by Crippen LogP contribution is 2.37. The van der Waals surface area contributed by atoms with Crippen molar-refractivity contribution in [1.82, 2.24) is 19.7 Å². The number of rotatable bonds is 4. The maximum Gasteiger partial charge on any atom is 0.213 e. The average Bonchev–Trinajstić information content (AvgIpc) is 3.11. The second kappa shape index (κ2) is 9.24. The summed E-state index contributed by atoms with van der Waals surface area (Å²) in [5, 5.41) is 9.15. The van der Waals surface area contributed by atoms with Gasteiger partial charge in [0.05, 0.1) is 12.8 Å². The van der Waals surface area contributed by atoms with Crippen LogP contribution in [0.5, 0.6) is 11.6 Å². The molecular weight excluding hydrogens is 414 g/mol. The minimum Gasteiger partial charge on any atom is -0.497 e. The summed E-state index contributed by atoms with van der Waals surface area (Å²) >= 11 is 0. The van der Waals surface area contributed by atoms with Gasteiger partial charge in [0, 0.05) is 30.6 Å². The Morgan fingerprint density at radius 3 is 2.61 bits per heavy atom. The first-order valence-corrected chi connectivity index (χ1v) is 10.7. The molecule has 1 aliphatic carbocycles. The van der Waals surface area contributed by atoms with E-state index >= 15 is 0 Å². The van der Waals surface area contributed by atoms with Crippen molar-refractivity contribution in [2.24, 2.45) is 5.73 Å². The molecule has 31 heavy (non-hydrogen) atoms. The van der Waals surface area contributed by atoms with E-state index in [0.29, 0.717) is 11.8 Å². The molecule has 7 nitrogen and oxygen atoms in total. The van der Waals surface area contributed by atoms with Crippen LogP contribution in [0.3, 0.4) is 0 Å². The van der Waals surface area contributed by atoms with Gasteiger partial charge >= 0.3 is 0 Å². The minimum absolute atomic E-state index is 0. The predicted octanol–water partition coefficient (Wildman–Crippen LogP) is 3.62. The maximum absolute atomic E-state index is 6.39. The molecule has 2 aliphatic rings. The van der Waals surface area contributed by atoms with Crippen molar-refractivity contribution in [3.8, 4) is 17.3 Å². The summed E-state index contributed by atoms with van der Waals surface area (Å²) in [5.41, 5.74) is 8.71. The molecule has 1 atom stereocenters. The van der Waals surface area contributed by atoms with Crippen molar-refractivity contribution in [2.45, 2.75) is 56.6 Å². The molecule has 5 rings (SSSR count). The van der Waals surface area contributed by atoms with Crippen LogP contribution in [0.15, 0.2) is 42.6 Å². The Morgan fingerprint density at radius 1 is 1.03 bits per heavy atom. The predicted molar refractivity (Wildman–Crippen MR) is 120 cm³/mol. The summed E-state index contributed by atoms with van der Waals surface area (Å²) in [6.45, 7) is 0. The van der Waals surface area contributed by atoms with Gasteiger partial charge in [-0.25, -0.2) is 4.98 Å². The van der Waals surface area contributed by atoms with Crippen LogP contribution in [0.4, 0.5) is 0 Å². The number of hydrogen-bond donors (Lipinski definition) is 1. The summed E-state index contributed by atoms with van der Waals surface area (Å²) in [6, 6.07) is 12.0. The van der Waals surface area contributed by atoms with E-state index in [1.54, 1.807) is 13.3 Å². The van der Waals surface area contributed by atoms with Gasteiger partial charge in [0.25, 0.3) is 0 Å². The van der Waals surface area contributed by atoms with Gasteiger partial charge < -0.3 is 15.2 Å². The SMILES string of the molecule is COc1ccc2c(c1)CC(N)Cc1nnc([C@H]3CC[C@H](Oc4ccccn4)CC3)n1-2.Cl. The molecule has 164 valence electrons. The molecule has 8 heteroatoms. The molecule has 1 unspecified atom stereocenters. The number of nitrogens with two attached hydrogens (primary N) is 1. The summed E-state index contributed by atoms with van der Waals surface area (Å²) in [4.78, 5) is 4.29. The summed E-state index contributed by atoms with van der Waals surface area (Å²) < 4.78 is 13.7. The number of fused-ring (bicyclic) bond motifs is 3. The lowest BCUT2D eigenvalue weighted by Gasteiger charge is -2.28. The summed E-state index contributed by atoms with van der Waals surface area (Å²) in [7, 11) is 1.69. The Morgan fingerprint density at radius 2 is 1.87 bits per heavy atom. The van der Waals surface area contributed by atoms with Crippen LogP contribution in [0, 0.1) is 0 Å². The third-order valence-corrected chi connectivity index (χ3v) is 6.17. The first-order valence-electron chi connectivity index (χ1n) is 10.7. The lowest BCUT2D eigenvalue weighted by molar-refractivity contribution is 0.139. The largest absolute Gasteiger partial charge is 0.497 e. The molecule has 2 aromatic heterocycles. The quantitative estimate of drug-likeness (QED) is 0.665. The smallest absolute Gasteiger partial charge is 0.213 e. The van der Waals surface area contributed by atoms with E-state index in [9.17, 15) is 0 Å². The monoisotopic (exact) mass is 441 g/mol. The fraction of sp³-hybridized carbons (Fsp3) is 0.435. The maximum atomic E-state index is 6.39. The van der Waals surface area contributed by atoms with Crippen LogP contribution >= 0.6 is 12.4 Å². The standard InChI is InChI=1S/C23H27N5O2.ClH/c1-29-19-9-10-20-16(13-19)12-17(24)14-21-26-27-23(28(20)21)15-5-7-18(8-6-15)30-22-4-2-3-11-25-22;/h2-4,9-11,13,15,17-18H,5-8,12,14,24H2,1H3;1H/t15-,17?,18-;. The molecule has 1 saturated carbocycles. The Labute approximate surface area is 188 Å². The molecule has 0 amide bonds. The van der Waals surface area contributed by atoms with Crippen molar-refractivity contribution in [3.05, 3.63) is 59.8 Å². The third-order valence-electron chi connectivity index (χ3n) is 6.17. The van der Waals surface area contributed by atoms with Gasteiger partial charge in [0.1, 0.15) is 23.5 Å². The van der Waals surface area contributed by atoms with Crippen LogP contribution in [0.25, 0.3) is 5.69 Å². The Bertz CT molecular complexity index is 1020. The molecule has 0 radical (unpaired) electrons. The first kappa shape index (κ1) is 21.6. The lowest BCUT2D eigenvalue weighted by Crippen LogP contribution is -2.25. The van der Waals surface area contributed by atoms with Gasteiger partial charge in [-0.3, -0.25) is 4.57 Å². The van der Waals surface area contributed by atoms with Crippen molar-refractivity contribution >= 4 is 12.4 Å². The number of aromatic nitrogens is 4. The number of halogens is 1. The van der Waals surface area contributed by atoms with Crippen LogP contribution < -0.4 is 15.2 Å². The summed E-state index contributed by atoms with van der Waals surface area (Å²) in [5.74, 6) is 3.91.